The Morgan fingerprint density at radius 1 is 0.941 bits per heavy atom. The van der Waals surface area contributed by atoms with E-state index in [0.717, 1.165) is 55.5 Å². The van der Waals surface area contributed by atoms with Crippen LogP contribution in [0.1, 0.15) is 29.3 Å². The second kappa shape index (κ2) is 11.6. The molecule has 1 saturated heterocycles. The van der Waals surface area contributed by atoms with Crippen LogP contribution in [0.5, 0.6) is 0 Å². The van der Waals surface area contributed by atoms with Gasteiger partial charge in [-0.2, -0.15) is 0 Å². The molecule has 1 aliphatic rings. The molecule has 34 heavy (non-hydrogen) atoms. The highest BCUT2D eigenvalue weighted by atomic mass is 16.5. The van der Waals surface area contributed by atoms with Crippen LogP contribution < -0.4 is 4.90 Å². The Morgan fingerprint density at radius 2 is 1.65 bits per heavy atom. The normalized spacial score (nSPS) is 15.5. The molecule has 0 bridgehead atoms. The highest BCUT2D eigenvalue weighted by molar-refractivity contribution is 5.61. The number of ether oxygens (including phenoxy) is 1. The van der Waals surface area contributed by atoms with Crippen molar-refractivity contribution in [3.05, 3.63) is 77.0 Å². The predicted octanol–water partition coefficient (Wildman–Crippen LogP) is 3.87. The van der Waals surface area contributed by atoms with Gasteiger partial charge < -0.3 is 14.7 Å². The van der Waals surface area contributed by atoms with E-state index in [1.807, 2.05) is 25.1 Å². The van der Waals surface area contributed by atoms with E-state index in [2.05, 4.69) is 60.0 Å². The fourth-order valence-corrected chi connectivity index (χ4v) is 4.42. The summed E-state index contributed by atoms with van der Waals surface area (Å²) in [5, 5.41) is 10.2. The number of rotatable bonds is 9. The Hall–Kier alpha value is -2.80. The van der Waals surface area contributed by atoms with Gasteiger partial charge in [0, 0.05) is 62.6 Å². The first-order valence-electron chi connectivity index (χ1n) is 12.2. The molecule has 0 spiro atoms. The van der Waals surface area contributed by atoms with Gasteiger partial charge >= 0.3 is 0 Å². The van der Waals surface area contributed by atoms with E-state index < -0.39 is 6.10 Å². The maximum absolute atomic E-state index is 10.2. The number of hydrogen-bond acceptors (Lipinski definition) is 6. The Morgan fingerprint density at radius 3 is 2.32 bits per heavy atom. The zero-order valence-corrected chi connectivity index (χ0v) is 20.6. The van der Waals surface area contributed by atoms with Crippen molar-refractivity contribution in [1.82, 2.24) is 14.9 Å². The molecule has 0 saturated carbocycles. The number of anilines is 1. The van der Waals surface area contributed by atoms with Crippen LogP contribution in [0.15, 0.2) is 54.6 Å². The zero-order valence-electron chi connectivity index (χ0n) is 20.6. The van der Waals surface area contributed by atoms with Crippen molar-refractivity contribution < 1.29 is 9.84 Å². The summed E-state index contributed by atoms with van der Waals surface area (Å²) in [6, 6.07) is 18.9. The van der Waals surface area contributed by atoms with E-state index in [1.165, 1.54) is 16.7 Å². The van der Waals surface area contributed by atoms with Crippen molar-refractivity contribution in [2.75, 3.05) is 50.8 Å². The third-order valence-electron chi connectivity index (χ3n) is 6.38. The van der Waals surface area contributed by atoms with E-state index in [-0.39, 0.29) is 0 Å². The maximum atomic E-state index is 10.2. The van der Waals surface area contributed by atoms with Gasteiger partial charge in [0.2, 0.25) is 0 Å². The first-order valence-corrected chi connectivity index (χ1v) is 12.2. The lowest BCUT2D eigenvalue weighted by Crippen LogP contribution is -2.49. The topological polar surface area (TPSA) is 61.7 Å². The molecule has 4 rings (SSSR count). The molecule has 6 heteroatoms. The van der Waals surface area contributed by atoms with E-state index in [4.69, 9.17) is 14.7 Å². The van der Waals surface area contributed by atoms with Crippen molar-refractivity contribution in [3.8, 4) is 11.4 Å². The SMILES string of the molecule is CCOCC(O)CN1CCN(c2nc(-c3ccccc3)nc(C)c2Cc2ccc(C)cc2)CC1. The average Bonchev–Trinajstić information content (AvgIpc) is 2.86. The fraction of sp³-hybridized carbons (Fsp3) is 0.429. The number of benzene rings is 2. The first kappa shape index (κ1) is 24.3. The smallest absolute Gasteiger partial charge is 0.161 e. The highest BCUT2D eigenvalue weighted by Gasteiger charge is 2.24. The van der Waals surface area contributed by atoms with Gasteiger partial charge in [-0.1, -0.05) is 60.2 Å². The molecule has 2 heterocycles. The maximum Gasteiger partial charge on any atom is 0.161 e. The molecule has 0 radical (unpaired) electrons. The second-order valence-corrected chi connectivity index (χ2v) is 9.06. The molecule has 0 amide bonds. The third kappa shape index (κ3) is 6.20. The monoisotopic (exact) mass is 460 g/mol. The van der Waals surface area contributed by atoms with Gasteiger partial charge in [-0.05, 0) is 26.3 Å². The molecule has 0 aliphatic carbocycles. The van der Waals surface area contributed by atoms with Crippen molar-refractivity contribution >= 4 is 5.82 Å². The highest BCUT2D eigenvalue weighted by Crippen LogP contribution is 2.28. The van der Waals surface area contributed by atoms with E-state index >= 15 is 0 Å². The van der Waals surface area contributed by atoms with Crippen molar-refractivity contribution in [2.24, 2.45) is 0 Å². The summed E-state index contributed by atoms with van der Waals surface area (Å²) in [5.74, 6) is 1.80. The summed E-state index contributed by atoms with van der Waals surface area (Å²) >= 11 is 0. The largest absolute Gasteiger partial charge is 0.389 e. The van der Waals surface area contributed by atoms with Crippen LogP contribution in [0.2, 0.25) is 0 Å². The minimum atomic E-state index is -0.449. The number of aryl methyl sites for hydroxylation is 2. The van der Waals surface area contributed by atoms with E-state index in [0.29, 0.717) is 19.8 Å². The van der Waals surface area contributed by atoms with Crippen molar-refractivity contribution in [1.29, 1.82) is 0 Å². The molecule has 1 N–H and O–H groups in total. The molecular weight excluding hydrogens is 424 g/mol. The lowest BCUT2D eigenvalue weighted by atomic mass is 10.0. The Kier molecular flexibility index (Phi) is 8.27. The van der Waals surface area contributed by atoms with Crippen LogP contribution in [0.4, 0.5) is 5.82 Å². The third-order valence-corrected chi connectivity index (χ3v) is 6.38. The lowest BCUT2D eigenvalue weighted by molar-refractivity contribution is 0.0202. The molecule has 1 aromatic heterocycles. The number of β-amino-alcohol motifs (C(OH)–C–C–N with tert-alkyl or cyclic N) is 1. The quantitative estimate of drug-likeness (QED) is 0.523. The van der Waals surface area contributed by atoms with E-state index in [1.54, 1.807) is 0 Å². The van der Waals surface area contributed by atoms with Gasteiger partial charge in [-0.3, -0.25) is 4.90 Å². The zero-order chi connectivity index (χ0) is 23.9. The number of aliphatic hydroxyl groups is 1. The van der Waals surface area contributed by atoms with Crippen LogP contribution >= 0.6 is 0 Å². The van der Waals surface area contributed by atoms with Gasteiger partial charge in [-0.15, -0.1) is 0 Å². The Labute approximate surface area is 203 Å². The lowest BCUT2D eigenvalue weighted by Gasteiger charge is -2.37. The minimum absolute atomic E-state index is 0.392. The molecule has 2 aromatic carbocycles. The Balaban J connectivity index is 1.57. The van der Waals surface area contributed by atoms with Crippen LogP contribution in [-0.2, 0) is 11.2 Å². The van der Waals surface area contributed by atoms with Gasteiger partial charge in [0.1, 0.15) is 5.82 Å². The molecular formula is C28H36N4O2. The number of piperazine rings is 1. The van der Waals surface area contributed by atoms with E-state index in [9.17, 15) is 5.11 Å². The van der Waals surface area contributed by atoms with Gasteiger partial charge in [0.25, 0.3) is 0 Å². The summed E-state index contributed by atoms with van der Waals surface area (Å²) in [6.07, 6.45) is 0.360. The van der Waals surface area contributed by atoms with Gasteiger partial charge in [-0.25, -0.2) is 9.97 Å². The summed E-state index contributed by atoms with van der Waals surface area (Å²) < 4.78 is 5.37. The molecule has 6 nitrogen and oxygen atoms in total. The summed E-state index contributed by atoms with van der Waals surface area (Å²) in [7, 11) is 0. The standard InChI is InChI=1S/C28H36N4O2/c1-4-34-20-25(33)19-31-14-16-32(17-15-31)28-26(18-23-12-10-21(2)11-13-23)22(3)29-27(30-28)24-8-6-5-7-9-24/h5-13,25,33H,4,14-20H2,1-3H3. The molecule has 1 aliphatic heterocycles. The molecule has 1 fully saturated rings. The predicted molar refractivity (Wildman–Crippen MR) is 137 cm³/mol. The first-order chi connectivity index (χ1) is 16.5. The summed E-state index contributed by atoms with van der Waals surface area (Å²) in [5.41, 5.74) is 5.78. The van der Waals surface area contributed by atoms with Crippen LogP contribution in [0.25, 0.3) is 11.4 Å². The molecule has 1 atom stereocenters. The molecule has 3 aromatic rings. The summed E-state index contributed by atoms with van der Waals surface area (Å²) in [4.78, 5) is 14.7. The Bertz CT molecular complexity index is 1050. The minimum Gasteiger partial charge on any atom is -0.389 e. The van der Waals surface area contributed by atoms with Crippen LogP contribution in [-0.4, -0.2) is 72.0 Å². The number of nitrogens with zero attached hydrogens (tertiary/aromatic N) is 4. The molecule has 1 unspecified atom stereocenters. The number of aliphatic hydroxyl groups excluding tert-OH is 1. The number of hydrogen-bond donors (Lipinski definition) is 1. The second-order valence-electron chi connectivity index (χ2n) is 9.06. The fourth-order valence-electron chi connectivity index (χ4n) is 4.42. The van der Waals surface area contributed by atoms with Crippen LogP contribution in [0, 0.1) is 13.8 Å². The van der Waals surface area contributed by atoms with Crippen molar-refractivity contribution in [2.45, 2.75) is 33.3 Å². The average molecular weight is 461 g/mol. The molecule has 180 valence electrons. The van der Waals surface area contributed by atoms with Crippen LogP contribution in [0.3, 0.4) is 0 Å². The van der Waals surface area contributed by atoms with Gasteiger partial charge in [0.05, 0.1) is 12.7 Å². The number of aromatic nitrogens is 2. The van der Waals surface area contributed by atoms with Gasteiger partial charge in [0.15, 0.2) is 5.82 Å². The summed E-state index contributed by atoms with van der Waals surface area (Å²) in [6.45, 7) is 11.3. The van der Waals surface area contributed by atoms with Crippen molar-refractivity contribution in [3.63, 3.8) is 0 Å².